The van der Waals surface area contributed by atoms with Crippen LogP contribution in [0.25, 0.3) is 0 Å². The lowest BCUT2D eigenvalue weighted by Gasteiger charge is -2.35. The summed E-state index contributed by atoms with van der Waals surface area (Å²) in [6.45, 7) is 5.69. The molecule has 1 N–H and O–H groups in total. The van der Waals surface area contributed by atoms with Gasteiger partial charge in [0, 0.05) is 45.5 Å². The fourth-order valence-corrected chi connectivity index (χ4v) is 4.29. The maximum Gasteiger partial charge on any atom is 0.417 e. The van der Waals surface area contributed by atoms with Crippen LogP contribution in [-0.2, 0) is 11.0 Å². The Labute approximate surface area is 218 Å². The fourth-order valence-electron chi connectivity index (χ4n) is 4.29. The van der Waals surface area contributed by atoms with E-state index in [0.717, 1.165) is 36.6 Å². The van der Waals surface area contributed by atoms with E-state index >= 15 is 0 Å². The topological polar surface area (TPSA) is 85.8 Å². The number of nitrogens with one attached hydrogen (secondary N) is 1. The zero-order chi connectivity index (χ0) is 27.9. The number of aromatic nitrogens is 1. The van der Waals surface area contributed by atoms with Gasteiger partial charge in [0.05, 0.1) is 23.2 Å². The van der Waals surface area contributed by atoms with E-state index in [1.165, 1.54) is 11.1 Å². The number of carbonyl (C=O) groups excluding carboxylic acids is 3. The number of anilines is 1. The van der Waals surface area contributed by atoms with Gasteiger partial charge in [-0.25, -0.2) is 9.37 Å². The van der Waals surface area contributed by atoms with Crippen molar-refractivity contribution in [2.75, 3.05) is 50.7 Å². The Morgan fingerprint density at radius 3 is 2.13 bits per heavy atom. The molecule has 0 unspecified atom stereocenters. The maximum atomic E-state index is 13.6. The summed E-state index contributed by atoms with van der Waals surface area (Å²) >= 11 is 0. The minimum Gasteiger partial charge on any atom is -0.357 e. The van der Waals surface area contributed by atoms with Crippen molar-refractivity contribution in [1.82, 2.24) is 20.1 Å². The summed E-state index contributed by atoms with van der Waals surface area (Å²) in [6.07, 6.45) is -1.14. The molecule has 0 radical (unpaired) electrons. The van der Waals surface area contributed by atoms with Gasteiger partial charge in [-0.1, -0.05) is 13.8 Å². The molecule has 38 heavy (non-hydrogen) atoms. The van der Waals surface area contributed by atoms with Crippen molar-refractivity contribution >= 4 is 23.5 Å². The van der Waals surface area contributed by atoms with Gasteiger partial charge >= 0.3 is 6.18 Å². The SMILES string of the molecule is CC.O=C(NCC(=O)N1CCN(C(=O)c2cc(F)ccc2C(F)(F)F)CC1)c1ccc(N2CCCC2)nc1. The van der Waals surface area contributed by atoms with E-state index in [1.807, 2.05) is 13.8 Å². The Kier molecular flexibility index (Phi) is 9.65. The van der Waals surface area contributed by atoms with Gasteiger partial charge in [-0.05, 0) is 43.2 Å². The molecule has 206 valence electrons. The van der Waals surface area contributed by atoms with Crippen LogP contribution in [0.5, 0.6) is 0 Å². The lowest BCUT2D eigenvalue weighted by Crippen LogP contribution is -2.52. The van der Waals surface area contributed by atoms with Crippen molar-refractivity contribution in [3.63, 3.8) is 0 Å². The summed E-state index contributed by atoms with van der Waals surface area (Å²) in [6, 6.07) is 5.18. The van der Waals surface area contributed by atoms with Crippen LogP contribution in [0.1, 0.15) is 53.0 Å². The molecule has 0 spiro atoms. The summed E-state index contributed by atoms with van der Waals surface area (Å²) < 4.78 is 53.3. The number of amides is 3. The number of rotatable bonds is 5. The van der Waals surface area contributed by atoms with Crippen molar-refractivity contribution in [3.8, 4) is 0 Å². The lowest BCUT2D eigenvalue weighted by molar-refractivity contribution is -0.138. The predicted octanol–water partition coefficient (Wildman–Crippen LogP) is 3.58. The van der Waals surface area contributed by atoms with Crippen molar-refractivity contribution in [1.29, 1.82) is 0 Å². The second-order valence-electron chi connectivity index (χ2n) is 8.64. The highest BCUT2D eigenvalue weighted by atomic mass is 19.4. The second-order valence-corrected chi connectivity index (χ2v) is 8.64. The van der Waals surface area contributed by atoms with Gasteiger partial charge in [0.2, 0.25) is 5.91 Å². The molecule has 8 nitrogen and oxygen atoms in total. The minimum atomic E-state index is -4.81. The molecule has 0 bridgehead atoms. The molecule has 0 saturated carbocycles. The lowest BCUT2D eigenvalue weighted by atomic mass is 10.0. The van der Waals surface area contributed by atoms with Crippen LogP contribution in [0.2, 0.25) is 0 Å². The highest BCUT2D eigenvalue weighted by molar-refractivity contribution is 5.97. The zero-order valence-corrected chi connectivity index (χ0v) is 21.4. The summed E-state index contributed by atoms with van der Waals surface area (Å²) in [5, 5.41) is 2.54. The Morgan fingerprint density at radius 2 is 1.55 bits per heavy atom. The molecule has 2 aromatic rings. The van der Waals surface area contributed by atoms with Crippen LogP contribution in [0.3, 0.4) is 0 Å². The molecule has 12 heteroatoms. The molecule has 4 rings (SSSR count). The first-order valence-corrected chi connectivity index (χ1v) is 12.6. The molecule has 2 saturated heterocycles. The molecule has 3 amide bonds. The quantitative estimate of drug-likeness (QED) is 0.590. The average molecular weight is 538 g/mol. The van der Waals surface area contributed by atoms with Gasteiger partial charge in [0.1, 0.15) is 11.6 Å². The zero-order valence-electron chi connectivity index (χ0n) is 21.4. The van der Waals surface area contributed by atoms with Crippen LogP contribution in [-0.4, -0.2) is 78.3 Å². The van der Waals surface area contributed by atoms with E-state index in [4.69, 9.17) is 0 Å². The van der Waals surface area contributed by atoms with Gasteiger partial charge in [0.15, 0.2) is 0 Å². The standard InChI is InChI=1S/C24H25F4N5O3.C2H6/c25-17-4-5-19(24(26,27)28)18(13-17)23(36)33-11-9-32(10-12-33)21(34)15-30-22(35)16-3-6-20(29-14-16)31-7-1-2-8-31;1-2/h3-6,13-14H,1-2,7-12,15H2,(H,30,35);1-2H3. The molecule has 3 heterocycles. The number of benzene rings is 1. The number of carbonyl (C=O) groups is 3. The minimum absolute atomic E-state index is 0.0196. The highest BCUT2D eigenvalue weighted by Crippen LogP contribution is 2.33. The number of hydrogen-bond donors (Lipinski definition) is 1. The van der Waals surface area contributed by atoms with Crippen molar-refractivity contribution in [2.24, 2.45) is 0 Å². The number of nitrogens with zero attached hydrogens (tertiary/aromatic N) is 4. The largest absolute Gasteiger partial charge is 0.417 e. The first kappa shape index (κ1) is 28.9. The first-order chi connectivity index (χ1) is 18.1. The summed E-state index contributed by atoms with van der Waals surface area (Å²) in [7, 11) is 0. The van der Waals surface area contributed by atoms with E-state index in [-0.39, 0.29) is 38.6 Å². The molecule has 1 aromatic carbocycles. The number of hydrogen-bond acceptors (Lipinski definition) is 5. The maximum absolute atomic E-state index is 13.6. The molecule has 2 fully saturated rings. The van der Waals surface area contributed by atoms with Crippen LogP contribution in [0, 0.1) is 5.82 Å². The predicted molar refractivity (Wildman–Crippen MR) is 133 cm³/mol. The van der Waals surface area contributed by atoms with Gasteiger partial charge < -0.3 is 20.0 Å². The van der Waals surface area contributed by atoms with E-state index in [1.54, 1.807) is 12.1 Å². The number of pyridine rings is 1. The van der Waals surface area contributed by atoms with E-state index in [9.17, 15) is 31.9 Å². The number of halogens is 4. The number of alkyl halides is 3. The smallest absolute Gasteiger partial charge is 0.357 e. The van der Waals surface area contributed by atoms with Gasteiger partial charge in [-0.2, -0.15) is 13.2 Å². The molecule has 2 aliphatic heterocycles. The molecule has 2 aliphatic rings. The Bertz CT molecular complexity index is 1130. The average Bonchev–Trinajstić information content (AvgIpc) is 3.47. The van der Waals surface area contributed by atoms with Crippen molar-refractivity contribution in [3.05, 3.63) is 59.0 Å². The normalized spacial score (nSPS) is 15.6. The van der Waals surface area contributed by atoms with Gasteiger partial charge in [0.25, 0.3) is 11.8 Å². The van der Waals surface area contributed by atoms with Gasteiger partial charge in [-0.15, -0.1) is 0 Å². The second kappa shape index (κ2) is 12.7. The number of piperazine rings is 1. The molecule has 0 atom stereocenters. The van der Waals surface area contributed by atoms with Crippen LogP contribution in [0.4, 0.5) is 23.4 Å². The summed E-state index contributed by atoms with van der Waals surface area (Å²) in [5.74, 6) is -1.95. The third-order valence-corrected chi connectivity index (χ3v) is 6.28. The summed E-state index contributed by atoms with van der Waals surface area (Å²) in [5.41, 5.74) is -1.66. The van der Waals surface area contributed by atoms with Crippen LogP contribution >= 0.6 is 0 Å². The summed E-state index contributed by atoms with van der Waals surface area (Å²) in [4.78, 5) is 46.6. The first-order valence-electron chi connectivity index (χ1n) is 12.6. The third kappa shape index (κ3) is 6.99. The molecular formula is C26H31F4N5O3. The van der Waals surface area contributed by atoms with Crippen molar-refractivity contribution in [2.45, 2.75) is 32.9 Å². The molecule has 0 aliphatic carbocycles. The Hall–Kier alpha value is -3.70. The molecular weight excluding hydrogens is 506 g/mol. The van der Waals surface area contributed by atoms with Crippen molar-refractivity contribution < 1.29 is 31.9 Å². The van der Waals surface area contributed by atoms with E-state index < -0.39 is 34.9 Å². The monoisotopic (exact) mass is 537 g/mol. The van der Waals surface area contributed by atoms with Crippen LogP contribution < -0.4 is 10.2 Å². The Morgan fingerprint density at radius 1 is 0.921 bits per heavy atom. The Balaban J connectivity index is 0.00000195. The van der Waals surface area contributed by atoms with Crippen LogP contribution in [0.15, 0.2) is 36.5 Å². The van der Waals surface area contributed by atoms with E-state index in [0.29, 0.717) is 23.8 Å². The van der Waals surface area contributed by atoms with Gasteiger partial charge in [-0.3, -0.25) is 14.4 Å². The fraction of sp³-hybridized carbons (Fsp3) is 0.462. The third-order valence-electron chi connectivity index (χ3n) is 6.28. The highest BCUT2D eigenvalue weighted by Gasteiger charge is 2.37. The van der Waals surface area contributed by atoms with E-state index in [2.05, 4.69) is 15.2 Å². The molecule has 1 aromatic heterocycles.